The fraction of sp³-hybridized carbons (Fsp3) is 0.286. The van der Waals surface area contributed by atoms with Gasteiger partial charge in [0.1, 0.15) is 11.5 Å². The number of aromatic nitrogens is 1. The minimum Gasteiger partial charge on any atom is -0.511 e. The van der Waals surface area contributed by atoms with Crippen molar-refractivity contribution < 1.29 is 19.2 Å². The Morgan fingerprint density at radius 1 is 0.971 bits per heavy atom. The zero-order valence-corrected chi connectivity index (χ0v) is 18.9. The summed E-state index contributed by atoms with van der Waals surface area (Å²) in [6.07, 6.45) is 3.32. The van der Waals surface area contributed by atoms with Gasteiger partial charge in [-0.2, -0.15) is 0 Å². The number of aliphatic imine (C=N–C) groups is 1. The van der Waals surface area contributed by atoms with Crippen molar-refractivity contribution in [2.75, 3.05) is 0 Å². The summed E-state index contributed by atoms with van der Waals surface area (Å²) >= 11 is 0. The van der Waals surface area contributed by atoms with Crippen molar-refractivity contribution >= 4 is 23.0 Å². The summed E-state index contributed by atoms with van der Waals surface area (Å²) < 4.78 is 5.61. The largest absolute Gasteiger partial charge is 0.511 e. The van der Waals surface area contributed by atoms with E-state index in [1.54, 1.807) is 0 Å². The topological polar surface area (TPSA) is 92.8 Å². The van der Waals surface area contributed by atoms with E-state index in [-0.39, 0.29) is 23.2 Å². The number of allylic oxidation sites excluding steroid dienone is 2. The van der Waals surface area contributed by atoms with Gasteiger partial charge in [-0.1, -0.05) is 53.7 Å². The number of aliphatic hydroxyl groups excluding tert-OH is 1. The van der Waals surface area contributed by atoms with Crippen LogP contribution in [0.15, 0.2) is 81.5 Å². The second kappa shape index (κ2) is 9.59. The highest BCUT2D eigenvalue weighted by atomic mass is 16.5. The quantitative estimate of drug-likeness (QED) is 0.471. The molecule has 0 spiro atoms. The SMILES string of the molecule is O=C1CCCC(O)=C1C(CCc1noc2c1C(=O)CC(c1ccccc1)C2)=Nc1ccccc1. The number of aliphatic hydroxyl groups is 1. The first-order valence-corrected chi connectivity index (χ1v) is 11.7. The highest BCUT2D eigenvalue weighted by Crippen LogP contribution is 2.35. The number of nitrogens with zero attached hydrogens (tertiary/aromatic N) is 2. The molecular weight excluding hydrogens is 428 g/mol. The average Bonchev–Trinajstić information content (AvgIpc) is 3.27. The van der Waals surface area contributed by atoms with Gasteiger partial charge in [0.15, 0.2) is 11.6 Å². The summed E-state index contributed by atoms with van der Waals surface area (Å²) in [5.41, 5.74) is 3.82. The Bertz CT molecular complexity index is 1270. The van der Waals surface area contributed by atoms with Crippen molar-refractivity contribution in [3.05, 3.63) is 94.6 Å². The lowest BCUT2D eigenvalue weighted by Gasteiger charge is -2.20. The molecule has 1 heterocycles. The van der Waals surface area contributed by atoms with E-state index in [2.05, 4.69) is 5.16 Å². The van der Waals surface area contributed by atoms with Crippen LogP contribution in [0.2, 0.25) is 0 Å². The predicted molar refractivity (Wildman–Crippen MR) is 129 cm³/mol. The first-order chi connectivity index (χ1) is 16.6. The molecule has 0 amide bonds. The van der Waals surface area contributed by atoms with Crippen LogP contribution in [0.4, 0.5) is 5.69 Å². The molecule has 34 heavy (non-hydrogen) atoms. The number of carbonyl (C=O) groups is 2. The Hall–Kier alpha value is -3.80. The van der Waals surface area contributed by atoms with Gasteiger partial charge in [-0.25, -0.2) is 0 Å². The van der Waals surface area contributed by atoms with E-state index in [0.717, 1.165) is 5.56 Å². The molecule has 1 unspecified atom stereocenters. The van der Waals surface area contributed by atoms with E-state index in [9.17, 15) is 14.7 Å². The number of hydrogen-bond donors (Lipinski definition) is 1. The highest BCUT2D eigenvalue weighted by molar-refractivity contribution is 6.23. The number of benzene rings is 2. The number of hydrogen-bond acceptors (Lipinski definition) is 6. The number of rotatable bonds is 6. The summed E-state index contributed by atoms with van der Waals surface area (Å²) in [6.45, 7) is 0. The molecule has 5 rings (SSSR count). The van der Waals surface area contributed by atoms with Gasteiger partial charge in [0.25, 0.3) is 0 Å². The van der Waals surface area contributed by atoms with Crippen LogP contribution in [0.5, 0.6) is 0 Å². The minimum absolute atomic E-state index is 0.0312. The molecule has 0 fully saturated rings. The van der Waals surface area contributed by atoms with Gasteiger partial charge in [0.05, 0.1) is 28.2 Å². The first-order valence-electron chi connectivity index (χ1n) is 11.7. The van der Waals surface area contributed by atoms with Crippen LogP contribution in [-0.2, 0) is 17.6 Å². The molecular formula is C28H26N2O4. The Labute approximate surface area is 198 Å². The van der Waals surface area contributed by atoms with Crippen molar-refractivity contribution in [2.24, 2.45) is 4.99 Å². The third kappa shape index (κ3) is 4.49. The lowest BCUT2D eigenvalue weighted by Crippen LogP contribution is -2.21. The molecule has 3 aromatic rings. The predicted octanol–water partition coefficient (Wildman–Crippen LogP) is 5.86. The third-order valence-electron chi connectivity index (χ3n) is 6.54. The molecule has 6 heteroatoms. The molecule has 2 aromatic carbocycles. The van der Waals surface area contributed by atoms with Gasteiger partial charge in [-0.05, 0) is 42.9 Å². The minimum atomic E-state index is -0.0950. The average molecular weight is 455 g/mol. The zero-order chi connectivity index (χ0) is 23.5. The second-order valence-electron chi connectivity index (χ2n) is 8.86. The number of ketones is 2. The van der Waals surface area contributed by atoms with Crippen molar-refractivity contribution in [2.45, 2.75) is 50.9 Å². The van der Waals surface area contributed by atoms with Gasteiger partial charge in [-0.3, -0.25) is 14.6 Å². The Kier molecular flexibility index (Phi) is 6.21. The molecule has 0 radical (unpaired) electrons. The van der Waals surface area contributed by atoms with Crippen LogP contribution in [0.1, 0.15) is 65.4 Å². The van der Waals surface area contributed by atoms with Crippen molar-refractivity contribution in [1.82, 2.24) is 5.16 Å². The lowest BCUT2D eigenvalue weighted by molar-refractivity contribution is -0.115. The fourth-order valence-electron chi connectivity index (χ4n) is 4.86. The van der Waals surface area contributed by atoms with Gasteiger partial charge < -0.3 is 9.63 Å². The highest BCUT2D eigenvalue weighted by Gasteiger charge is 2.33. The Morgan fingerprint density at radius 3 is 2.44 bits per heavy atom. The van der Waals surface area contributed by atoms with Crippen LogP contribution in [0.3, 0.4) is 0 Å². The molecule has 1 N–H and O–H groups in total. The van der Waals surface area contributed by atoms with Crippen molar-refractivity contribution in [3.63, 3.8) is 0 Å². The number of fused-ring (bicyclic) bond motifs is 1. The van der Waals surface area contributed by atoms with Gasteiger partial charge >= 0.3 is 0 Å². The summed E-state index contributed by atoms with van der Waals surface area (Å²) in [7, 11) is 0. The maximum absolute atomic E-state index is 13.1. The summed E-state index contributed by atoms with van der Waals surface area (Å²) in [5.74, 6) is 0.734. The van der Waals surface area contributed by atoms with E-state index in [4.69, 9.17) is 9.52 Å². The third-order valence-corrected chi connectivity index (χ3v) is 6.54. The smallest absolute Gasteiger partial charge is 0.168 e. The number of carbonyl (C=O) groups excluding carboxylic acids is 2. The number of Topliss-reactive ketones (excluding diaryl/α,β-unsaturated/α-hetero) is 2. The monoisotopic (exact) mass is 454 g/mol. The second-order valence-corrected chi connectivity index (χ2v) is 8.86. The van der Waals surface area contributed by atoms with E-state index in [0.29, 0.717) is 78.9 Å². The molecule has 1 atom stereocenters. The van der Waals surface area contributed by atoms with E-state index in [1.807, 2.05) is 60.7 Å². The van der Waals surface area contributed by atoms with Gasteiger partial charge in [0, 0.05) is 25.7 Å². The first kappa shape index (κ1) is 22.0. The number of para-hydroxylation sites is 1. The lowest BCUT2D eigenvalue weighted by atomic mass is 9.81. The molecule has 172 valence electrons. The molecule has 0 bridgehead atoms. The number of aryl methyl sites for hydroxylation is 1. The zero-order valence-electron chi connectivity index (χ0n) is 18.9. The van der Waals surface area contributed by atoms with Crippen LogP contribution in [0, 0.1) is 0 Å². The fourth-order valence-corrected chi connectivity index (χ4v) is 4.86. The van der Waals surface area contributed by atoms with Gasteiger partial charge in [-0.15, -0.1) is 0 Å². The molecule has 0 aliphatic heterocycles. The van der Waals surface area contributed by atoms with Gasteiger partial charge in [0.2, 0.25) is 0 Å². The molecule has 6 nitrogen and oxygen atoms in total. The van der Waals surface area contributed by atoms with Crippen molar-refractivity contribution in [3.8, 4) is 0 Å². The Balaban J connectivity index is 1.41. The standard InChI is InChI=1S/C28H26N2O4/c31-23-12-7-13-24(32)27(23)21(29-20-10-5-2-6-11-20)14-15-22-28-25(33)16-19(17-26(28)34-30-22)18-8-3-1-4-9-18/h1-6,8-11,19,31H,7,12-17H2. The summed E-state index contributed by atoms with van der Waals surface area (Å²) in [6, 6.07) is 19.4. The van der Waals surface area contributed by atoms with Crippen LogP contribution >= 0.6 is 0 Å². The van der Waals surface area contributed by atoms with E-state index in [1.165, 1.54) is 0 Å². The van der Waals surface area contributed by atoms with Crippen LogP contribution in [-0.4, -0.2) is 27.5 Å². The molecule has 2 aliphatic carbocycles. The summed E-state index contributed by atoms with van der Waals surface area (Å²) in [5, 5.41) is 14.7. The maximum Gasteiger partial charge on any atom is 0.168 e. The summed E-state index contributed by atoms with van der Waals surface area (Å²) in [4.78, 5) is 30.4. The van der Waals surface area contributed by atoms with Crippen molar-refractivity contribution in [1.29, 1.82) is 0 Å². The maximum atomic E-state index is 13.1. The Morgan fingerprint density at radius 2 is 1.71 bits per heavy atom. The molecule has 2 aliphatic rings. The van der Waals surface area contributed by atoms with E-state index < -0.39 is 0 Å². The van der Waals surface area contributed by atoms with E-state index >= 15 is 0 Å². The van der Waals surface area contributed by atoms with Crippen LogP contribution in [0.25, 0.3) is 0 Å². The normalized spacial score (nSPS) is 18.8. The molecule has 0 saturated heterocycles. The van der Waals surface area contributed by atoms with Crippen LogP contribution < -0.4 is 0 Å². The molecule has 1 aromatic heterocycles. The molecule has 0 saturated carbocycles.